The van der Waals surface area contributed by atoms with E-state index in [1.54, 1.807) is 0 Å². The van der Waals surface area contributed by atoms with E-state index in [-0.39, 0.29) is 5.41 Å². The maximum atomic E-state index is 10.9. The Balaban J connectivity index is 1.27. The first kappa shape index (κ1) is 31.1. The van der Waals surface area contributed by atoms with Crippen LogP contribution in [0.1, 0.15) is 159 Å². The van der Waals surface area contributed by atoms with Crippen LogP contribution < -0.4 is 0 Å². The number of rotatable bonds is 1. The van der Waals surface area contributed by atoms with Crippen molar-refractivity contribution in [2.45, 2.75) is 128 Å². The van der Waals surface area contributed by atoms with Gasteiger partial charge in [-0.15, -0.1) is 0 Å². The molecule has 264 valence electrons. The van der Waals surface area contributed by atoms with Crippen LogP contribution in [-0.4, -0.2) is 4.40 Å². The van der Waals surface area contributed by atoms with E-state index in [2.05, 4.69) is 87.6 Å². The van der Waals surface area contributed by atoms with Gasteiger partial charge in [0.25, 0.3) is 0 Å². The molecule has 4 aromatic carbocycles. The molecule has 3 nitrogen and oxygen atoms in total. The van der Waals surface area contributed by atoms with Crippen molar-refractivity contribution in [2.75, 3.05) is 0 Å². The van der Waals surface area contributed by atoms with Gasteiger partial charge in [-0.1, -0.05) is 32.9 Å². The molecule has 4 saturated carbocycles. The number of aryl methyl sites for hydroxylation is 2. The highest BCUT2D eigenvalue weighted by Crippen LogP contribution is 2.62. The van der Waals surface area contributed by atoms with Crippen molar-refractivity contribution in [3.8, 4) is 23.3 Å². The van der Waals surface area contributed by atoms with Gasteiger partial charge < -0.3 is 4.40 Å². The van der Waals surface area contributed by atoms with Crippen LogP contribution in [0.3, 0.4) is 0 Å². The van der Waals surface area contributed by atoms with Gasteiger partial charge in [-0.05, 0) is 205 Å². The van der Waals surface area contributed by atoms with Crippen LogP contribution in [0.4, 0.5) is 0 Å². The van der Waals surface area contributed by atoms with Gasteiger partial charge in [-0.2, -0.15) is 10.5 Å². The molecule has 8 aliphatic carbocycles. The first-order valence-electron chi connectivity index (χ1n) is 20.9. The average molecular weight is 692 g/mol. The van der Waals surface area contributed by atoms with Crippen molar-refractivity contribution in [1.29, 1.82) is 10.5 Å². The summed E-state index contributed by atoms with van der Waals surface area (Å²) in [6, 6.07) is 20.1. The van der Waals surface area contributed by atoms with Crippen LogP contribution in [0.15, 0.2) is 36.4 Å². The Bertz CT molecular complexity index is 2520. The normalized spacial score (nSPS) is 29.6. The molecule has 2 heterocycles. The molecule has 14 rings (SSSR count). The summed E-state index contributed by atoms with van der Waals surface area (Å²) in [4.78, 5) is 0. The predicted molar refractivity (Wildman–Crippen MR) is 215 cm³/mol. The molecule has 53 heavy (non-hydrogen) atoms. The summed E-state index contributed by atoms with van der Waals surface area (Å²) in [5, 5.41) is 27.4. The second kappa shape index (κ2) is 10.2. The van der Waals surface area contributed by atoms with Crippen LogP contribution >= 0.6 is 0 Å². The van der Waals surface area contributed by atoms with Crippen molar-refractivity contribution < 1.29 is 0 Å². The van der Waals surface area contributed by atoms with Crippen LogP contribution in [-0.2, 0) is 5.41 Å². The van der Waals surface area contributed by atoms with Gasteiger partial charge in [0.2, 0.25) is 0 Å². The van der Waals surface area contributed by atoms with Gasteiger partial charge in [0.1, 0.15) is 0 Å². The highest BCUT2D eigenvalue weighted by atomic mass is 14.9. The number of hydrogen-bond acceptors (Lipinski definition) is 2. The zero-order chi connectivity index (χ0) is 35.8. The summed E-state index contributed by atoms with van der Waals surface area (Å²) in [7, 11) is 0. The highest BCUT2D eigenvalue weighted by molar-refractivity contribution is 6.26. The lowest BCUT2D eigenvalue weighted by molar-refractivity contribution is 0.166. The third kappa shape index (κ3) is 4.00. The number of nitrogens with zero attached hydrogens (tertiary/aromatic N) is 3. The van der Waals surface area contributed by atoms with Crippen LogP contribution in [0, 0.1) is 60.2 Å². The van der Waals surface area contributed by atoms with Crippen molar-refractivity contribution in [1.82, 2.24) is 4.40 Å². The SMILES string of the molecule is Cc1cc(C(C)(C)C)cc(C)c1-c1cc2c3c4c(c(C#N)cc3n3c5cc(C#N)c6c(c5c(c1)c23)C1CC2CC(CC6C2)C1)C1CC2CC(C1)CC4C2. The molecule has 0 N–H and O–H groups in total. The van der Waals surface area contributed by atoms with Gasteiger partial charge >= 0.3 is 0 Å². The fraction of sp³-hybridized carbons (Fsp3) is 0.480. The summed E-state index contributed by atoms with van der Waals surface area (Å²) in [5.41, 5.74) is 18.3. The van der Waals surface area contributed by atoms with E-state index in [1.165, 1.54) is 152 Å². The Kier molecular flexibility index (Phi) is 6.00. The lowest BCUT2D eigenvalue weighted by Crippen LogP contribution is -2.25. The topological polar surface area (TPSA) is 52.0 Å². The predicted octanol–water partition coefficient (Wildman–Crippen LogP) is 12.9. The molecular formula is C50H49N3. The quantitative estimate of drug-likeness (QED) is 0.172. The van der Waals surface area contributed by atoms with Gasteiger partial charge in [-0.3, -0.25) is 0 Å². The Morgan fingerprint density at radius 1 is 0.547 bits per heavy atom. The summed E-state index contributed by atoms with van der Waals surface area (Å²) < 4.78 is 2.55. The highest BCUT2D eigenvalue weighted by Gasteiger charge is 2.46. The number of nitriles is 2. The fourth-order valence-corrected chi connectivity index (χ4v) is 14.5. The number of benzene rings is 4. The second-order valence-corrected chi connectivity index (χ2v) is 20.1. The molecule has 0 aliphatic heterocycles. The molecule has 8 aliphatic rings. The van der Waals surface area contributed by atoms with Crippen molar-refractivity contribution in [3.05, 3.63) is 86.5 Å². The third-order valence-corrected chi connectivity index (χ3v) is 16.0. The zero-order valence-electron chi connectivity index (χ0n) is 32.0. The minimum atomic E-state index is 0.0849. The molecule has 3 heteroatoms. The third-order valence-electron chi connectivity index (χ3n) is 16.0. The van der Waals surface area contributed by atoms with E-state index in [1.807, 2.05) is 0 Å². The van der Waals surface area contributed by atoms with Crippen molar-refractivity contribution in [2.24, 2.45) is 23.7 Å². The lowest BCUT2D eigenvalue weighted by Gasteiger charge is -2.38. The van der Waals surface area contributed by atoms with E-state index < -0.39 is 0 Å². The molecule has 0 amide bonds. The van der Waals surface area contributed by atoms with Gasteiger partial charge in [-0.25, -0.2) is 0 Å². The van der Waals surface area contributed by atoms with Crippen LogP contribution in [0.5, 0.6) is 0 Å². The summed E-state index contributed by atoms with van der Waals surface area (Å²) in [5.74, 6) is 5.16. The van der Waals surface area contributed by atoms with E-state index in [0.29, 0.717) is 23.7 Å². The van der Waals surface area contributed by atoms with Gasteiger partial charge in [0.05, 0.1) is 39.8 Å². The smallest absolute Gasteiger partial charge is 0.0995 e. The maximum absolute atomic E-state index is 10.9. The molecule has 2 aromatic heterocycles. The Morgan fingerprint density at radius 2 is 0.943 bits per heavy atom. The number of fused-ring (bicyclic) bond motifs is 6. The average Bonchev–Trinajstić information content (AvgIpc) is 3.47. The number of aromatic nitrogens is 1. The molecule has 0 spiro atoms. The van der Waals surface area contributed by atoms with Crippen molar-refractivity contribution in [3.63, 3.8) is 0 Å². The van der Waals surface area contributed by atoms with E-state index in [4.69, 9.17) is 0 Å². The minimum absolute atomic E-state index is 0.0849. The Hall–Kier alpha value is -4.34. The molecular weight excluding hydrogens is 643 g/mol. The summed E-state index contributed by atoms with van der Waals surface area (Å²) in [6.07, 6.45) is 12.8. The Morgan fingerprint density at radius 3 is 1.32 bits per heavy atom. The van der Waals surface area contributed by atoms with E-state index >= 15 is 0 Å². The first-order chi connectivity index (χ1) is 25.6. The van der Waals surface area contributed by atoms with Gasteiger partial charge in [0, 0.05) is 21.5 Å². The molecule has 4 atom stereocenters. The minimum Gasteiger partial charge on any atom is -0.308 e. The largest absolute Gasteiger partial charge is 0.308 e. The number of hydrogen-bond donors (Lipinski definition) is 0. The monoisotopic (exact) mass is 691 g/mol. The molecule has 8 bridgehead atoms. The van der Waals surface area contributed by atoms with Gasteiger partial charge in [0.15, 0.2) is 0 Å². The van der Waals surface area contributed by atoms with Crippen molar-refractivity contribution >= 4 is 38.1 Å². The standard InChI is InChI=1S/C50H49N3/c1-24-6-37(50(3,4)5)7-25(2)42(24)34-18-38-47-40(20-35(22-51)43-30-10-26-8-27(11-30)15-32(14-26)45(43)47)53-41-21-36(23-52)44-31-12-28-9-29(13-31)17-33(16-28)46(44)48(41)39(19-34)49(38)53/h6-7,18-21,26-33H,8-17H2,1-5H3. The summed E-state index contributed by atoms with van der Waals surface area (Å²) in [6.45, 7) is 11.6. The van der Waals surface area contributed by atoms with Crippen LogP contribution in [0.25, 0.3) is 49.2 Å². The fourth-order valence-electron chi connectivity index (χ4n) is 14.5. The Labute approximate surface area is 313 Å². The first-order valence-corrected chi connectivity index (χ1v) is 20.9. The summed E-state index contributed by atoms with van der Waals surface area (Å²) >= 11 is 0. The zero-order valence-corrected chi connectivity index (χ0v) is 32.0. The van der Waals surface area contributed by atoms with E-state index in [9.17, 15) is 10.5 Å². The maximum Gasteiger partial charge on any atom is 0.0995 e. The lowest BCUT2D eigenvalue weighted by atomic mass is 9.67. The van der Waals surface area contributed by atoms with E-state index in [0.717, 1.165) is 34.8 Å². The second-order valence-electron chi connectivity index (χ2n) is 20.1. The molecule has 0 saturated heterocycles. The molecule has 6 aromatic rings. The molecule has 4 fully saturated rings. The van der Waals surface area contributed by atoms with Crippen LogP contribution in [0.2, 0.25) is 0 Å². The molecule has 0 radical (unpaired) electrons. The molecule has 4 unspecified atom stereocenters.